The number of aromatic carboxylic acids is 1. The number of nitriles is 1. The Hall–Kier alpha value is -2.90. The standard InChI is InChI=1S/C18H21N3O6S/c1-27-7-6-21(16-5-8-28(25,26)12-16)11-14(10-19)17(22)20-15-4-2-3-13(9-15)18(23)24/h2-4,9,11,16H,5-8,12H2,1H3,(H,20,22)(H,23,24)/b14-11-. The predicted molar refractivity (Wildman–Crippen MR) is 101 cm³/mol. The van der Waals surface area contributed by atoms with E-state index in [4.69, 9.17) is 9.84 Å². The monoisotopic (exact) mass is 407 g/mol. The van der Waals surface area contributed by atoms with E-state index in [-0.39, 0.29) is 34.4 Å². The molecule has 28 heavy (non-hydrogen) atoms. The maximum absolute atomic E-state index is 12.5. The third-order valence-electron chi connectivity index (χ3n) is 4.26. The van der Waals surface area contributed by atoms with Crippen LogP contribution < -0.4 is 5.32 Å². The number of methoxy groups -OCH3 is 1. The van der Waals surface area contributed by atoms with Gasteiger partial charge in [0.05, 0.1) is 23.7 Å². The van der Waals surface area contributed by atoms with Crippen molar-refractivity contribution < 1.29 is 27.9 Å². The highest BCUT2D eigenvalue weighted by Gasteiger charge is 2.31. The minimum atomic E-state index is -3.14. The lowest BCUT2D eigenvalue weighted by Gasteiger charge is -2.26. The van der Waals surface area contributed by atoms with Gasteiger partial charge in [0, 0.05) is 31.6 Å². The van der Waals surface area contributed by atoms with Crippen molar-refractivity contribution in [3.63, 3.8) is 0 Å². The first-order valence-electron chi connectivity index (χ1n) is 8.47. The van der Waals surface area contributed by atoms with E-state index in [0.717, 1.165) is 0 Å². The number of hydrogen-bond donors (Lipinski definition) is 2. The first-order valence-corrected chi connectivity index (χ1v) is 10.3. The fraction of sp³-hybridized carbons (Fsp3) is 0.389. The van der Waals surface area contributed by atoms with Crippen molar-refractivity contribution in [1.29, 1.82) is 5.26 Å². The Balaban J connectivity index is 2.20. The van der Waals surface area contributed by atoms with Crippen LogP contribution in [0, 0.1) is 11.3 Å². The zero-order valence-electron chi connectivity index (χ0n) is 15.3. The van der Waals surface area contributed by atoms with Gasteiger partial charge in [-0.3, -0.25) is 4.79 Å². The van der Waals surface area contributed by atoms with Gasteiger partial charge < -0.3 is 20.1 Å². The summed E-state index contributed by atoms with van der Waals surface area (Å²) in [6.45, 7) is 0.623. The molecule has 1 fully saturated rings. The Labute approximate surface area is 163 Å². The number of rotatable bonds is 8. The highest BCUT2D eigenvalue weighted by atomic mass is 32.2. The summed E-state index contributed by atoms with van der Waals surface area (Å²) < 4.78 is 28.6. The van der Waals surface area contributed by atoms with E-state index in [2.05, 4.69) is 5.32 Å². The molecule has 150 valence electrons. The first kappa shape index (κ1) is 21.4. The fourth-order valence-corrected chi connectivity index (χ4v) is 4.56. The summed E-state index contributed by atoms with van der Waals surface area (Å²) in [4.78, 5) is 25.1. The molecule has 2 rings (SSSR count). The number of anilines is 1. The van der Waals surface area contributed by atoms with Gasteiger partial charge >= 0.3 is 5.97 Å². The Morgan fingerprint density at radius 2 is 2.21 bits per heavy atom. The average molecular weight is 407 g/mol. The minimum Gasteiger partial charge on any atom is -0.478 e. The second-order valence-corrected chi connectivity index (χ2v) is 8.51. The lowest BCUT2D eigenvalue weighted by Crippen LogP contribution is -2.35. The largest absolute Gasteiger partial charge is 0.478 e. The average Bonchev–Trinajstić information content (AvgIpc) is 3.01. The Morgan fingerprint density at radius 3 is 2.79 bits per heavy atom. The highest BCUT2D eigenvalue weighted by Crippen LogP contribution is 2.19. The van der Waals surface area contributed by atoms with Crippen LogP contribution >= 0.6 is 0 Å². The molecule has 0 saturated carbocycles. The number of nitrogens with zero attached hydrogens (tertiary/aromatic N) is 2. The van der Waals surface area contributed by atoms with Gasteiger partial charge in [-0.15, -0.1) is 0 Å². The van der Waals surface area contributed by atoms with Crippen LogP contribution in [0.5, 0.6) is 0 Å². The second kappa shape index (κ2) is 9.34. The summed E-state index contributed by atoms with van der Waals surface area (Å²) in [5.41, 5.74) is 0.0113. The Bertz CT molecular complexity index is 919. The molecule has 1 amide bonds. The summed E-state index contributed by atoms with van der Waals surface area (Å²) in [6.07, 6.45) is 1.74. The van der Waals surface area contributed by atoms with Gasteiger partial charge in [-0.2, -0.15) is 5.26 Å². The summed E-state index contributed by atoms with van der Waals surface area (Å²) in [5.74, 6) is -1.84. The molecule has 1 unspecified atom stereocenters. The molecular weight excluding hydrogens is 386 g/mol. The molecule has 0 spiro atoms. The van der Waals surface area contributed by atoms with Crippen LogP contribution in [0.15, 0.2) is 36.0 Å². The first-order chi connectivity index (χ1) is 13.3. The smallest absolute Gasteiger partial charge is 0.335 e. The molecule has 0 bridgehead atoms. The van der Waals surface area contributed by atoms with E-state index in [9.17, 15) is 23.3 Å². The number of nitrogens with one attached hydrogen (secondary N) is 1. The molecule has 1 aliphatic heterocycles. The van der Waals surface area contributed by atoms with Crippen molar-refractivity contribution >= 4 is 27.4 Å². The summed E-state index contributed by atoms with van der Waals surface area (Å²) in [6, 6.07) is 7.11. The van der Waals surface area contributed by atoms with Crippen molar-refractivity contribution in [2.24, 2.45) is 0 Å². The third kappa shape index (κ3) is 5.80. The number of hydrogen-bond acceptors (Lipinski definition) is 7. The van der Waals surface area contributed by atoms with Crippen LogP contribution in [-0.2, 0) is 19.4 Å². The fourth-order valence-electron chi connectivity index (χ4n) is 2.82. The molecule has 1 atom stereocenters. The SMILES string of the molecule is COCCN(/C=C(/C#N)C(=O)Nc1cccc(C(=O)O)c1)C1CCS(=O)(=O)C1. The van der Waals surface area contributed by atoms with Crippen LogP contribution in [0.25, 0.3) is 0 Å². The number of benzene rings is 1. The molecule has 1 aromatic carbocycles. The Kier molecular flexibility index (Phi) is 7.14. The van der Waals surface area contributed by atoms with E-state index in [0.29, 0.717) is 19.6 Å². The maximum Gasteiger partial charge on any atom is 0.335 e. The number of ether oxygens (including phenoxy) is 1. The van der Waals surface area contributed by atoms with E-state index in [1.165, 1.54) is 37.6 Å². The maximum atomic E-state index is 12.5. The van der Waals surface area contributed by atoms with Crippen LogP contribution in [-0.4, -0.2) is 68.1 Å². The van der Waals surface area contributed by atoms with E-state index in [1.54, 1.807) is 4.90 Å². The molecule has 1 saturated heterocycles. The zero-order valence-corrected chi connectivity index (χ0v) is 16.1. The van der Waals surface area contributed by atoms with Crippen molar-refractivity contribution in [3.05, 3.63) is 41.6 Å². The van der Waals surface area contributed by atoms with Gasteiger partial charge in [0.1, 0.15) is 11.6 Å². The molecule has 0 aromatic heterocycles. The van der Waals surface area contributed by atoms with Gasteiger partial charge in [0.15, 0.2) is 9.84 Å². The van der Waals surface area contributed by atoms with Crippen molar-refractivity contribution in [3.8, 4) is 6.07 Å². The minimum absolute atomic E-state index is 0.00169. The van der Waals surface area contributed by atoms with Gasteiger partial charge in [0.25, 0.3) is 5.91 Å². The van der Waals surface area contributed by atoms with Crippen molar-refractivity contribution in [2.75, 3.05) is 37.1 Å². The van der Waals surface area contributed by atoms with Crippen LogP contribution in [0.4, 0.5) is 5.69 Å². The zero-order chi connectivity index (χ0) is 20.7. The van der Waals surface area contributed by atoms with Crippen molar-refractivity contribution in [1.82, 2.24) is 4.90 Å². The number of sulfone groups is 1. The molecule has 2 N–H and O–H groups in total. The normalized spacial score (nSPS) is 18.3. The lowest BCUT2D eigenvalue weighted by atomic mass is 10.2. The van der Waals surface area contributed by atoms with E-state index in [1.807, 2.05) is 6.07 Å². The predicted octanol–water partition coefficient (Wildman–Crippen LogP) is 0.866. The number of carboxylic acids is 1. The lowest BCUT2D eigenvalue weighted by molar-refractivity contribution is -0.112. The summed E-state index contributed by atoms with van der Waals surface area (Å²) in [7, 11) is -1.64. The highest BCUT2D eigenvalue weighted by molar-refractivity contribution is 7.91. The van der Waals surface area contributed by atoms with Gasteiger partial charge in [-0.1, -0.05) is 6.07 Å². The molecule has 1 aliphatic rings. The molecule has 9 nitrogen and oxygen atoms in total. The molecule has 1 aromatic rings. The number of carboxylic acid groups (broad SMARTS) is 1. The topological polar surface area (TPSA) is 137 Å². The number of carbonyl (C=O) groups is 2. The van der Waals surface area contributed by atoms with Crippen LogP contribution in [0.3, 0.4) is 0 Å². The van der Waals surface area contributed by atoms with E-state index < -0.39 is 21.7 Å². The van der Waals surface area contributed by atoms with Crippen LogP contribution in [0.2, 0.25) is 0 Å². The molecule has 0 radical (unpaired) electrons. The summed E-state index contributed by atoms with van der Waals surface area (Å²) >= 11 is 0. The number of carbonyl (C=O) groups excluding carboxylic acids is 1. The van der Waals surface area contributed by atoms with E-state index >= 15 is 0 Å². The number of amides is 1. The Morgan fingerprint density at radius 1 is 1.46 bits per heavy atom. The third-order valence-corrected chi connectivity index (χ3v) is 6.01. The second-order valence-electron chi connectivity index (χ2n) is 6.28. The molecular formula is C18H21N3O6S. The van der Waals surface area contributed by atoms with Crippen LogP contribution in [0.1, 0.15) is 16.8 Å². The molecule has 1 heterocycles. The summed E-state index contributed by atoms with van der Waals surface area (Å²) in [5, 5.41) is 20.9. The van der Waals surface area contributed by atoms with Gasteiger partial charge in [-0.05, 0) is 24.6 Å². The van der Waals surface area contributed by atoms with Crippen molar-refractivity contribution in [2.45, 2.75) is 12.5 Å². The molecule has 10 heteroatoms. The quantitative estimate of drug-likeness (QED) is 0.478. The van der Waals surface area contributed by atoms with Gasteiger partial charge in [-0.25, -0.2) is 13.2 Å². The van der Waals surface area contributed by atoms with Gasteiger partial charge in [0.2, 0.25) is 0 Å². The molecule has 0 aliphatic carbocycles.